The van der Waals surface area contributed by atoms with Gasteiger partial charge in [-0.25, -0.2) is 13.9 Å². The molecule has 1 unspecified atom stereocenters. The molecule has 1 atom stereocenters. The summed E-state index contributed by atoms with van der Waals surface area (Å²) in [4.78, 5) is 69.6. The number of H-pyrrole nitrogens is 1. The van der Waals surface area contributed by atoms with E-state index in [1.54, 1.807) is 65.2 Å². The van der Waals surface area contributed by atoms with Gasteiger partial charge in [0.25, 0.3) is 5.91 Å². The summed E-state index contributed by atoms with van der Waals surface area (Å²) in [5, 5.41) is 22.9. The molecular formula is C64H70F4N10O11PS-. The molecule has 7 aromatic rings. The fraction of sp³-hybridized carbons (Fsp3) is 0.344. The number of anilines is 6. The third-order valence-electron chi connectivity index (χ3n) is 14.6. The Kier molecular flexibility index (Phi) is 23.7. The van der Waals surface area contributed by atoms with Crippen molar-refractivity contribution >= 4 is 88.1 Å². The summed E-state index contributed by atoms with van der Waals surface area (Å²) in [6.07, 6.45) is 2.73. The lowest BCUT2D eigenvalue weighted by atomic mass is 9.95. The van der Waals surface area contributed by atoms with Gasteiger partial charge in [-0.1, -0.05) is 90.9 Å². The molecule has 0 spiro atoms. The highest BCUT2D eigenvalue weighted by molar-refractivity contribution is 8.06. The minimum atomic E-state index is -4.91. The van der Waals surface area contributed by atoms with Crippen molar-refractivity contribution in [2.75, 3.05) is 92.2 Å². The molecule has 27 heteroatoms. The molecule has 91 heavy (non-hydrogen) atoms. The molecule has 0 bridgehead atoms. The normalized spacial score (nSPS) is 13.7. The molecule has 0 radical (unpaired) electrons. The number of amides is 5. The summed E-state index contributed by atoms with van der Waals surface area (Å²) in [5.41, 5.74) is 7.18. The van der Waals surface area contributed by atoms with Crippen molar-refractivity contribution in [3.05, 3.63) is 149 Å². The van der Waals surface area contributed by atoms with Crippen LogP contribution < -0.4 is 41.1 Å². The van der Waals surface area contributed by atoms with Gasteiger partial charge in [0.1, 0.15) is 19.0 Å². The second kappa shape index (κ2) is 32.1. The number of carbonyl (C=O) groups excluding carboxylic acids is 4. The SMILES string of the molecule is CCOP([O-])(=S)OCCCCCCCNC(=O)CCC(=O)N1Cc2ccccc2-c2nnn(CCOCCOCCOCCOc3cc(C(F)(F)F)cc(NC(=O)Nc4ccc(C)c(Nc5ccc6c(c5)NC(=O)/C6=C\c5ccc[nH]5)c4)c3F)c2-c2ccccc21. The smallest absolute Gasteiger partial charge is 0.416 e. The van der Waals surface area contributed by atoms with Crippen molar-refractivity contribution in [2.45, 2.75) is 78.1 Å². The van der Waals surface area contributed by atoms with E-state index in [0.717, 1.165) is 59.2 Å². The third kappa shape index (κ3) is 18.7. The Bertz CT molecular complexity index is 3760. The fourth-order valence-electron chi connectivity index (χ4n) is 10.1. The van der Waals surface area contributed by atoms with E-state index in [9.17, 15) is 37.2 Å². The number of halogens is 4. The molecule has 0 saturated carbocycles. The zero-order valence-corrected chi connectivity index (χ0v) is 51.8. The van der Waals surface area contributed by atoms with Crippen LogP contribution >= 0.6 is 6.72 Å². The molecule has 0 fully saturated rings. The van der Waals surface area contributed by atoms with E-state index in [2.05, 4.69) is 41.9 Å². The number of urea groups is 1. The highest BCUT2D eigenvalue weighted by atomic mass is 32.5. The van der Waals surface area contributed by atoms with Gasteiger partial charge in [-0.3, -0.25) is 14.4 Å². The average Bonchev–Trinajstić information content (AvgIpc) is 1.76. The molecule has 5 aromatic carbocycles. The van der Waals surface area contributed by atoms with Crippen LogP contribution in [-0.2, 0) is 68.7 Å². The Balaban J connectivity index is 0.692. The van der Waals surface area contributed by atoms with Crippen LogP contribution in [0.4, 0.5) is 56.5 Å². The van der Waals surface area contributed by atoms with E-state index in [0.29, 0.717) is 71.4 Å². The number of alkyl halides is 3. The number of nitrogens with one attached hydrogen (secondary N) is 6. The number of ether oxygens (including phenoxy) is 4. The van der Waals surface area contributed by atoms with Crippen molar-refractivity contribution in [3.8, 4) is 28.3 Å². The number of nitrogens with zero attached hydrogens (tertiary/aromatic N) is 4. The largest absolute Gasteiger partial charge is 0.780 e. The summed E-state index contributed by atoms with van der Waals surface area (Å²) in [6, 6.07) is 29.1. The summed E-state index contributed by atoms with van der Waals surface area (Å²) in [6.45, 7) is 2.04. The van der Waals surface area contributed by atoms with Gasteiger partial charge in [-0.2, -0.15) is 13.2 Å². The van der Waals surface area contributed by atoms with Crippen LogP contribution in [0.2, 0.25) is 0 Å². The van der Waals surface area contributed by atoms with E-state index < -0.39 is 41.7 Å². The number of carbonyl (C=O) groups is 4. The van der Waals surface area contributed by atoms with Gasteiger partial charge in [0.15, 0.2) is 11.6 Å². The van der Waals surface area contributed by atoms with Gasteiger partial charge in [-0.05, 0) is 98.5 Å². The monoisotopic (exact) mass is 1290 g/mol. The van der Waals surface area contributed by atoms with Gasteiger partial charge in [0.2, 0.25) is 11.8 Å². The van der Waals surface area contributed by atoms with Crippen LogP contribution in [0.5, 0.6) is 5.75 Å². The first-order chi connectivity index (χ1) is 43.9. The zero-order valence-electron chi connectivity index (χ0n) is 50.1. The molecule has 482 valence electrons. The van der Waals surface area contributed by atoms with Crippen molar-refractivity contribution < 1.29 is 69.6 Å². The lowest BCUT2D eigenvalue weighted by Crippen LogP contribution is -2.33. The number of fused-ring (bicyclic) bond motifs is 6. The van der Waals surface area contributed by atoms with E-state index in [4.69, 9.17) is 39.8 Å². The number of rotatable bonds is 32. The van der Waals surface area contributed by atoms with Gasteiger partial charge in [0, 0.05) is 65.0 Å². The second-order valence-electron chi connectivity index (χ2n) is 21.1. The number of unbranched alkanes of at least 4 members (excludes halogenated alkanes) is 4. The number of hydrogen-bond acceptors (Lipinski definition) is 15. The maximum absolute atomic E-state index is 15.7. The molecule has 0 saturated heterocycles. The van der Waals surface area contributed by atoms with E-state index in [1.165, 1.54) is 0 Å². The van der Waals surface area contributed by atoms with E-state index in [-0.39, 0.29) is 102 Å². The van der Waals surface area contributed by atoms with Crippen LogP contribution in [0.25, 0.3) is 34.2 Å². The van der Waals surface area contributed by atoms with Gasteiger partial charge < -0.3 is 69.4 Å². The summed E-state index contributed by atoms with van der Waals surface area (Å²) in [5.74, 6) is -2.67. The highest BCUT2D eigenvalue weighted by Gasteiger charge is 2.34. The van der Waals surface area contributed by atoms with Crippen LogP contribution in [0.1, 0.15) is 79.8 Å². The van der Waals surface area contributed by atoms with Crippen LogP contribution in [-0.4, -0.2) is 110 Å². The molecule has 4 heterocycles. The summed E-state index contributed by atoms with van der Waals surface area (Å²) in [7, 11) is 0. The molecule has 2 aliphatic rings. The van der Waals surface area contributed by atoms with Crippen molar-refractivity contribution in [2.24, 2.45) is 0 Å². The second-order valence-corrected chi connectivity index (χ2v) is 23.9. The lowest BCUT2D eigenvalue weighted by Gasteiger charge is -2.28. The lowest BCUT2D eigenvalue weighted by molar-refractivity contribution is -0.206. The van der Waals surface area contributed by atoms with Gasteiger partial charge in [0.05, 0.1) is 99.8 Å². The highest BCUT2D eigenvalue weighted by Crippen LogP contribution is 2.43. The van der Waals surface area contributed by atoms with E-state index in [1.807, 2.05) is 67.6 Å². The standard InChI is InChI=1S/C64H71F4N10O11PS/c1-3-88-90(83,91)89-28-12-6-4-5-11-25-70-57(79)23-24-58(80)77-41-43-14-7-8-16-48(43)60-61(50-17-9-10-18-55(50)77)78(76-75-60)27-29-84-30-31-85-32-33-86-34-35-87-56-37-44(64(66,67)68)36-54(59(56)65)74-63(82)72-47-20-19-42(2)52(39-47)71-46-21-22-49-51(38-45-15-13-26-69-45)62(81)73-53(49)40-46/h7-10,13-22,26,36-40,69,71H,3-6,11-12,23-25,27-35,41H2,1-2H3,(H,70,79)(H,73,81)(H,83,91)(H2,72,74,82)/p-1/b51-38-. The quantitative estimate of drug-likeness (QED) is 0.00992. The summed E-state index contributed by atoms with van der Waals surface area (Å²) < 4.78 is 92.2. The fourth-order valence-corrected chi connectivity index (χ4v) is 11.4. The van der Waals surface area contributed by atoms with Gasteiger partial charge >= 0.3 is 12.2 Å². The van der Waals surface area contributed by atoms with Crippen molar-refractivity contribution in [1.82, 2.24) is 25.3 Å². The first-order valence-corrected chi connectivity index (χ1v) is 32.3. The predicted molar refractivity (Wildman–Crippen MR) is 339 cm³/mol. The topological polar surface area (TPSA) is 257 Å². The molecule has 6 N–H and O–H groups in total. The Hall–Kier alpha value is -8.33. The number of para-hydroxylation sites is 1. The molecule has 2 aliphatic heterocycles. The molecule has 0 aliphatic carbocycles. The number of benzene rings is 5. The maximum Gasteiger partial charge on any atom is 0.416 e. The maximum atomic E-state index is 15.7. The van der Waals surface area contributed by atoms with E-state index >= 15 is 4.39 Å². The number of hydrogen-bond donors (Lipinski definition) is 6. The van der Waals surface area contributed by atoms with Gasteiger partial charge in [-0.15, -0.1) is 5.10 Å². The Morgan fingerprint density at radius 2 is 1.49 bits per heavy atom. The molecular weight excluding hydrogens is 1220 g/mol. The van der Waals surface area contributed by atoms with Crippen LogP contribution in [0.3, 0.4) is 0 Å². The zero-order chi connectivity index (χ0) is 64.3. The molecule has 9 rings (SSSR count). The Morgan fingerprint density at radius 1 is 0.769 bits per heavy atom. The molecule has 2 aromatic heterocycles. The Morgan fingerprint density at radius 3 is 2.26 bits per heavy atom. The number of aromatic amines is 1. The first-order valence-electron chi connectivity index (χ1n) is 29.8. The third-order valence-corrected chi connectivity index (χ3v) is 16.3. The molecule has 21 nitrogen and oxygen atoms in total. The average molecular weight is 1290 g/mol. The van der Waals surface area contributed by atoms with Crippen LogP contribution in [0.15, 0.2) is 115 Å². The number of aromatic nitrogens is 4. The first kappa shape index (κ1) is 67.1. The predicted octanol–water partition coefficient (Wildman–Crippen LogP) is 11.7. The van der Waals surface area contributed by atoms with Crippen molar-refractivity contribution in [3.63, 3.8) is 0 Å². The Labute approximate surface area is 528 Å². The van der Waals surface area contributed by atoms with Crippen LogP contribution in [0, 0.1) is 12.7 Å². The van der Waals surface area contributed by atoms with Crippen molar-refractivity contribution in [1.29, 1.82) is 0 Å². The molecule has 5 amide bonds. The number of aryl methyl sites for hydroxylation is 1. The minimum absolute atomic E-state index is 0.0103. The summed E-state index contributed by atoms with van der Waals surface area (Å²) >= 11 is 4.82. The minimum Gasteiger partial charge on any atom is -0.780 e.